The standard InChI is InChI=1S/C33H40FN3O6/c1-33(2,3)23-16-29(38)43-28-13-18-12-22(18)21(28)8-6-5-7-9-25-30(36-26-14-19(34)10-11-24(26)35-25)42-20-15-27(32(40)41-4)37(17-20)31(23)39/h7,9-11,14,18,20-23,27-28H,5-6,8,12-13,15-17H2,1-4H3/b9-7+/t18-,20+,21+,22-,23+,27-,28+/m0/s1. The lowest BCUT2D eigenvalue weighted by atomic mass is 9.77. The molecule has 1 aromatic carbocycles. The molecule has 7 atom stereocenters. The molecule has 10 heteroatoms. The number of carbonyl (C=O) groups is 3. The predicted molar refractivity (Wildman–Crippen MR) is 156 cm³/mol. The molecule has 2 saturated carbocycles. The number of fused-ring (bicyclic) bond motifs is 7. The van der Waals surface area contributed by atoms with Crippen LogP contribution in [0.4, 0.5) is 4.39 Å². The van der Waals surface area contributed by atoms with Crippen LogP contribution in [0.25, 0.3) is 17.1 Å². The maximum Gasteiger partial charge on any atom is 0.328 e. The van der Waals surface area contributed by atoms with Crippen LogP contribution in [0.2, 0.25) is 0 Å². The maximum absolute atomic E-state index is 14.1. The molecule has 3 fully saturated rings. The molecule has 2 aliphatic heterocycles. The van der Waals surface area contributed by atoms with Crippen LogP contribution < -0.4 is 4.74 Å². The minimum atomic E-state index is -0.887. The third-order valence-corrected chi connectivity index (χ3v) is 9.64. The summed E-state index contributed by atoms with van der Waals surface area (Å²) in [5.74, 6) is -0.625. The fourth-order valence-electron chi connectivity index (χ4n) is 7.23. The first-order chi connectivity index (χ1) is 20.5. The number of nitrogens with zero attached hydrogens (tertiary/aromatic N) is 3. The summed E-state index contributed by atoms with van der Waals surface area (Å²) in [7, 11) is 1.29. The van der Waals surface area contributed by atoms with E-state index in [4.69, 9.17) is 19.2 Å². The van der Waals surface area contributed by atoms with Gasteiger partial charge in [-0.25, -0.2) is 19.2 Å². The van der Waals surface area contributed by atoms with Crippen LogP contribution in [0.3, 0.4) is 0 Å². The molecular formula is C33H40FN3O6. The monoisotopic (exact) mass is 593 g/mol. The molecule has 2 bridgehead atoms. The van der Waals surface area contributed by atoms with Gasteiger partial charge in [0.15, 0.2) is 0 Å². The van der Waals surface area contributed by atoms with Crippen molar-refractivity contribution in [2.75, 3.05) is 13.7 Å². The third kappa shape index (κ3) is 6.10. The van der Waals surface area contributed by atoms with Gasteiger partial charge in [-0.15, -0.1) is 0 Å². The van der Waals surface area contributed by atoms with E-state index in [0.29, 0.717) is 34.5 Å². The Bertz CT molecular complexity index is 1450. The van der Waals surface area contributed by atoms with Crippen molar-refractivity contribution in [1.29, 1.82) is 0 Å². The van der Waals surface area contributed by atoms with Crippen molar-refractivity contribution in [2.24, 2.45) is 29.1 Å². The lowest BCUT2D eigenvalue weighted by molar-refractivity contribution is -0.160. The topological polar surface area (TPSA) is 108 Å². The highest BCUT2D eigenvalue weighted by Crippen LogP contribution is 2.57. The number of halogens is 1. The molecule has 2 aromatic rings. The second-order valence-corrected chi connectivity index (χ2v) is 13.6. The Morgan fingerprint density at radius 2 is 1.88 bits per heavy atom. The number of benzene rings is 1. The molecule has 6 rings (SSSR count). The van der Waals surface area contributed by atoms with E-state index in [9.17, 15) is 18.8 Å². The van der Waals surface area contributed by atoms with Crippen LogP contribution in [0.5, 0.6) is 5.88 Å². The SMILES string of the molecule is COC(=O)[C@@H]1C[C@@H]2CN1C(=O)[C@H](C(C)(C)C)CC(=O)O[C@@H]1C[C@@H]3C[C@@H]3[C@H]1CCC/C=C/c1nc3ccc(F)cc3nc1O2. The molecule has 0 radical (unpaired) electrons. The first kappa shape index (κ1) is 29.5. The number of methoxy groups -OCH3 is 1. The molecule has 43 heavy (non-hydrogen) atoms. The van der Waals surface area contributed by atoms with E-state index in [2.05, 4.69) is 4.98 Å². The molecule has 2 aliphatic carbocycles. The van der Waals surface area contributed by atoms with Crippen molar-refractivity contribution in [3.8, 4) is 5.88 Å². The molecule has 3 heterocycles. The van der Waals surface area contributed by atoms with Gasteiger partial charge in [0.2, 0.25) is 11.8 Å². The lowest BCUT2D eigenvalue weighted by Crippen LogP contribution is -2.48. The van der Waals surface area contributed by atoms with Gasteiger partial charge < -0.3 is 19.1 Å². The number of hydrogen-bond acceptors (Lipinski definition) is 8. The van der Waals surface area contributed by atoms with Crippen LogP contribution in [-0.2, 0) is 23.9 Å². The highest BCUT2D eigenvalue weighted by molar-refractivity contribution is 5.89. The quantitative estimate of drug-likeness (QED) is 0.420. The van der Waals surface area contributed by atoms with E-state index in [-0.39, 0.29) is 43.2 Å². The van der Waals surface area contributed by atoms with Gasteiger partial charge in [-0.1, -0.05) is 26.8 Å². The molecule has 4 aliphatic rings. The summed E-state index contributed by atoms with van der Waals surface area (Å²) in [4.78, 5) is 51.2. The van der Waals surface area contributed by atoms with Gasteiger partial charge in [0.1, 0.15) is 29.8 Å². The van der Waals surface area contributed by atoms with Crippen molar-refractivity contribution in [1.82, 2.24) is 14.9 Å². The molecule has 0 unspecified atom stereocenters. The number of rotatable bonds is 1. The molecule has 9 nitrogen and oxygen atoms in total. The van der Waals surface area contributed by atoms with E-state index in [1.54, 1.807) is 6.07 Å². The zero-order valence-corrected chi connectivity index (χ0v) is 25.3. The highest BCUT2D eigenvalue weighted by atomic mass is 19.1. The minimum Gasteiger partial charge on any atom is -0.471 e. The van der Waals surface area contributed by atoms with Crippen molar-refractivity contribution < 1.29 is 33.0 Å². The number of esters is 2. The van der Waals surface area contributed by atoms with Crippen molar-refractivity contribution in [2.45, 2.75) is 84.0 Å². The van der Waals surface area contributed by atoms with Gasteiger partial charge in [-0.3, -0.25) is 9.59 Å². The van der Waals surface area contributed by atoms with E-state index in [0.717, 1.165) is 25.7 Å². The summed E-state index contributed by atoms with van der Waals surface area (Å²) in [5.41, 5.74) is 0.818. The number of allylic oxidation sites excluding steroid dienone is 1. The van der Waals surface area contributed by atoms with Gasteiger partial charge >= 0.3 is 11.9 Å². The normalized spacial score (nSPS) is 32.0. The Balaban J connectivity index is 1.36. The van der Waals surface area contributed by atoms with Crippen molar-refractivity contribution in [3.05, 3.63) is 35.8 Å². The Kier molecular flexibility index (Phi) is 7.89. The van der Waals surface area contributed by atoms with Gasteiger partial charge in [-0.2, -0.15) is 0 Å². The smallest absolute Gasteiger partial charge is 0.328 e. The Hall–Kier alpha value is -3.56. The van der Waals surface area contributed by atoms with Crippen molar-refractivity contribution in [3.63, 3.8) is 0 Å². The molecule has 230 valence electrons. The zero-order valence-electron chi connectivity index (χ0n) is 25.3. The Morgan fingerprint density at radius 1 is 1.07 bits per heavy atom. The van der Waals surface area contributed by atoms with Crippen molar-refractivity contribution >= 4 is 35.0 Å². The molecule has 1 aromatic heterocycles. The molecule has 0 spiro atoms. The number of hydrogen-bond donors (Lipinski definition) is 0. The van der Waals surface area contributed by atoms with Gasteiger partial charge in [0.05, 0.1) is 37.0 Å². The number of amides is 1. The molecule has 1 amide bonds. The van der Waals surface area contributed by atoms with Crippen LogP contribution >= 0.6 is 0 Å². The number of aromatic nitrogens is 2. The third-order valence-electron chi connectivity index (χ3n) is 9.64. The summed E-state index contributed by atoms with van der Waals surface area (Å²) < 4.78 is 31.5. The van der Waals surface area contributed by atoms with Crippen LogP contribution in [0.15, 0.2) is 24.3 Å². The summed E-state index contributed by atoms with van der Waals surface area (Å²) in [6.45, 7) is 5.85. The number of ether oxygens (including phenoxy) is 3. The summed E-state index contributed by atoms with van der Waals surface area (Å²) in [6.07, 6.45) is 8.06. The number of carbonyl (C=O) groups excluding carboxylic acids is 3. The predicted octanol–water partition coefficient (Wildman–Crippen LogP) is 5.11. The Labute approximate surface area is 251 Å². The second-order valence-electron chi connectivity index (χ2n) is 13.6. The fraction of sp³-hybridized carbons (Fsp3) is 0.606. The largest absolute Gasteiger partial charge is 0.471 e. The van der Waals surface area contributed by atoms with E-state index in [1.165, 1.54) is 30.6 Å². The second kappa shape index (κ2) is 11.5. The van der Waals surface area contributed by atoms with Crippen LogP contribution in [0, 0.1) is 34.9 Å². The maximum atomic E-state index is 14.1. The molecule has 1 saturated heterocycles. The summed E-state index contributed by atoms with van der Waals surface area (Å²) >= 11 is 0. The molecule has 0 N–H and O–H groups in total. The summed E-state index contributed by atoms with van der Waals surface area (Å²) in [5, 5.41) is 0. The summed E-state index contributed by atoms with van der Waals surface area (Å²) in [6, 6.07) is 3.35. The minimum absolute atomic E-state index is 0.0641. The van der Waals surface area contributed by atoms with E-state index >= 15 is 0 Å². The molecular weight excluding hydrogens is 553 g/mol. The van der Waals surface area contributed by atoms with Gasteiger partial charge in [0.25, 0.3) is 0 Å². The van der Waals surface area contributed by atoms with Gasteiger partial charge in [0, 0.05) is 12.5 Å². The lowest BCUT2D eigenvalue weighted by Gasteiger charge is -2.34. The van der Waals surface area contributed by atoms with Gasteiger partial charge in [-0.05, 0) is 73.5 Å². The van der Waals surface area contributed by atoms with E-state index in [1.807, 2.05) is 32.9 Å². The first-order valence-corrected chi connectivity index (χ1v) is 15.4. The first-order valence-electron chi connectivity index (χ1n) is 15.4. The zero-order chi connectivity index (χ0) is 30.5. The fourth-order valence-corrected chi connectivity index (χ4v) is 7.23. The average Bonchev–Trinajstić information content (AvgIpc) is 3.45. The van der Waals surface area contributed by atoms with Crippen LogP contribution in [0.1, 0.15) is 71.4 Å². The highest BCUT2D eigenvalue weighted by Gasteiger charge is 2.54. The Morgan fingerprint density at radius 3 is 2.65 bits per heavy atom. The van der Waals surface area contributed by atoms with Crippen LogP contribution in [-0.4, -0.2) is 64.6 Å². The average molecular weight is 594 g/mol. The van der Waals surface area contributed by atoms with E-state index < -0.39 is 35.3 Å².